The van der Waals surface area contributed by atoms with E-state index in [1.807, 2.05) is 6.07 Å². The SMILES string of the molecule is CCCOCCCNCc1ccc(O)cn1. The van der Waals surface area contributed by atoms with Gasteiger partial charge in [0.2, 0.25) is 0 Å². The zero-order valence-corrected chi connectivity index (χ0v) is 9.78. The van der Waals surface area contributed by atoms with Crippen LogP contribution in [0.15, 0.2) is 18.3 Å². The summed E-state index contributed by atoms with van der Waals surface area (Å²) in [6, 6.07) is 3.46. The van der Waals surface area contributed by atoms with Crippen molar-refractivity contribution in [1.29, 1.82) is 0 Å². The zero-order chi connectivity index (χ0) is 11.6. The summed E-state index contributed by atoms with van der Waals surface area (Å²) in [5.74, 6) is 0.205. The predicted octanol–water partition coefficient (Wildman–Crippen LogP) is 1.69. The minimum absolute atomic E-state index is 0.205. The molecule has 0 aromatic carbocycles. The fourth-order valence-electron chi connectivity index (χ4n) is 1.28. The van der Waals surface area contributed by atoms with Gasteiger partial charge in [0, 0.05) is 19.8 Å². The van der Waals surface area contributed by atoms with Crippen molar-refractivity contribution in [3.63, 3.8) is 0 Å². The van der Waals surface area contributed by atoms with Crippen molar-refractivity contribution in [2.24, 2.45) is 0 Å². The first kappa shape index (κ1) is 12.9. The van der Waals surface area contributed by atoms with E-state index in [9.17, 15) is 0 Å². The molecule has 90 valence electrons. The molecule has 0 aliphatic carbocycles. The Kier molecular flexibility index (Phi) is 6.53. The predicted molar refractivity (Wildman–Crippen MR) is 63.3 cm³/mol. The maximum Gasteiger partial charge on any atom is 0.133 e. The van der Waals surface area contributed by atoms with Crippen LogP contribution >= 0.6 is 0 Å². The van der Waals surface area contributed by atoms with Gasteiger partial charge in [-0.1, -0.05) is 6.92 Å². The van der Waals surface area contributed by atoms with Gasteiger partial charge < -0.3 is 15.2 Å². The Hall–Kier alpha value is -1.13. The first-order chi connectivity index (χ1) is 7.83. The van der Waals surface area contributed by atoms with Crippen molar-refractivity contribution in [3.8, 4) is 5.75 Å². The second-order valence-corrected chi connectivity index (χ2v) is 3.65. The van der Waals surface area contributed by atoms with Crippen molar-refractivity contribution >= 4 is 0 Å². The molecule has 0 fully saturated rings. The summed E-state index contributed by atoms with van der Waals surface area (Å²) in [4.78, 5) is 4.08. The number of nitrogens with zero attached hydrogens (tertiary/aromatic N) is 1. The van der Waals surface area contributed by atoms with Gasteiger partial charge in [-0.3, -0.25) is 4.98 Å². The standard InChI is InChI=1S/C12H20N2O2/c1-2-7-16-8-3-6-13-9-11-4-5-12(15)10-14-11/h4-5,10,13,15H,2-3,6-9H2,1H3. The third-order valence-corrected chi connectivity index (χ3v) is 2.11. The molecular formula is C12H20N2O2. The summed E-state index contributed by atoms with van der Waals surface area (Å²) in [5.41, 5.74) is 0.937. The molecular weight excluding hydrogens is 204 g/mol. The molecule has 2 N–H and O–H groups in total. The Labute approximate surface area is 96.7 Å². The maximum absolute atomic E-state index is 9.05. The Balaban J connectivity index is 2.01. The first-order valence-electron chi connectivity index (χ1n) is 5.75. The Bertz CT molecular complexity index is 275. The number of aromatic hydroxyl groups is 1. The molecule has 1 aromatic heterocycles. The molecule has 16 heavy (non-hydrogen) atoms. The summed E-state index contributed by atoms with van der Waals surface area (Å²) >= 11 is 0. The maximum atomic E-state index is 9.05. The second-order valence-electron chi connectivity index (χ2n) is 3.65. The summed E-state index contributed by atoms with van der Waals surface area (Å²) in [7, 11) is 0. The van der Waals surface area contributed by atoms with E-state index in [1.54, 1.807) is 6.07 Å². The van der Waals surface area contributed by atoms with Crippen LogP contribution in [0.4, 0.5) is 0 Å². The lowest BCUT2D eigenvalue weighted by Gasteiger charge is -2.05. The van der Waals surface area contributed by atoms with Crippen LogP contribution in [0, 0.1) is 0 Å². The zero-order valence-electron chi connectivity index (χ0n) is 9.78. The normalized spacial score (nSPS) is 10.6. The van der Waals surface area contributed by atoms with Gasteiger partial charge in [-0.25, -0.2) is 0 Å². The molecule has 1 heterocycles. The number of hydrogen-bond donors (Lipinski definition) is 2. The van der Waals surface area contributed by atoms with E-state index in [0.29, 0.717) is 0 Å². The molecule has 0 aliphatic rings. The van der Waals surface area contributed by atoms with Crippen molar-refractivity contribution in [3.05, 3.63) is 24.0 Å². The van der Waals surface area contributed by atoms with Crippen LogP contribution in [0.3, 0.4) is 0 Å². The van der Waals surface area contributed by atoms with Gasteiger partial charge in [-0.15, -0.1) is 0 Å². The van der Waals surface area contributed by atoms with Crippen molar-refractivity contribution in [2.75, 3.05) is 19.8 Å². The summed E-state index contributed by atoms with van der Waals surface area (Å²) in [5, 5.41) is 12.3. The smallest absolute Gasteiger partial charge is 0.133 e. The minimum Gasteiger partial charge on any atom is -0.506 e. The van der Waals surface area contributed by atoms with E-state index in [1.165, 1.54) is 6.20 Å². The largest absolute Gasteiger partial charge is 0.506 e. The molecule has 0 amide bonds. The topological polar surface area (TPSA) is 54.4 Å². The molecule has 0 saturated heterocycles. The van der Waals surface area contributed by atoms with Crippen LogP contribution < -0.4 is 5.32 Å². The molecule has 1 rings (SSSR count). The molecule has 0 spiro atoms. The minimum atomic E-state index is 0.205. The molecule has 0 aliphatic heterocycles. The van der Waals surface area contributed by atoms with Gasteiger partial charge in [-0.05, 0) is 31.5 Å². The van der Waals surface area contributed by atoms with Gasteiger partial charge >= 0.3 is 0 Å². The fraction of sp³-hybridized carbons (Fsp3) is 0.583. The molecule has 0 atom stereocenters. The summed E-state index contributed by atoms with van der Waals surface area (Å²) in [6.45, 7) is 5.42. The van der Waals surface area contributed by atoms with Crippen LogP contribution in [-0.4, -0.2) is 29.8 Å². The highest BCUT2D eigenvalue weighted by Gasteiger charge is 1.94. The lowest BCUT2D eigenvalue weighted by atomic mass is 10.3. The van der Waals surface area contributed by atoms with Gasteiger partial charge in [0.15, 0.2) is 0 Å². The monoisotopic (exact) mass is 224 g/mol. The van der Waals surface area contributed by atoms with Crippen LogP contribution in [0.2, 0.25) is 0 Å². The number of rotatable bonds is 8. The van der Waals surface area contributed by atoms with E-state index < -0.39 is 0 Å². The molecule has 1 aromatic rings. The van der Waals surface area contributed by atoms with E-state index in [4.69, 9.17) is 9.84 Å². The molecule has 0 bridgehead atoms. The van der Waals surface area contributed by atoms with Crippen LogP contribution in [0.5, 0.6) is 5.75 Å². The fourth-order valence-corrected chi connectivity index (χ4v) is 1.28. The van der Waals surface area contributed by atoms with Gasteiger partial charge in [0.1, 0.15) is 5.75 Å². The quantitative estimate of drug-likeness (QED) is 0.660. The van der Waals surface area contributed by atoms with Crippen molar-refractivity contribution in [2.45, 2.75) is 26.3 Å². The third-order valence-electron chi connectivity index (χ3n) is 2.11. The van der Waals surface area contributed by atoms with Crippen LogP contribution in [-0.2, 0) is 11.3 Å². The van der Waals surface area contributed by atoms with E-state index in [0.717, 1.165) is 44.8 Å². The summed E-state index contributed by atoms with van der Waals surface area (Å²) < 4.78 is 5.36. The van der Waals surface area contributed by atoms with E-state index in [-0.39, 0.29) is 5.75 Å². The Morgan fingerprint density at radius 3 is 2.94 bits per heavy atom. The number of hydrogen-bond acceptors (Lipinski definition) is 4. The summed E-state index contributed by atoms with van der Waals surface area (Å²) in [6.07, 6.45) is 3.55. The molecule has 0 unspecified atom stereocenters. The first-order valence-corrected chi connectivity index (χ1v) is 5.75. The van der Waals surface area contributed by atoms with Crippen LogP contribution in [0.25, 0.3) is 0 Å². The number of aromatic nitrogens is 1. The van der Waals surface area contributed by atoms with Crippen molar-refractivity contribution in [1.82, 2.24) is 10.3 Å². The highest BCUT2D eigenvalue weighted by atomic mass is 16.5. The molecule has 0 radical (unpaired) electrons. The average Bonchev–Trinajstić information content (AvgIpc) is 2.30. The highest BCUT2D eigenvalue weighted by molar-refractivity contribution is 5.17. The Morgan fingerprint density at radius 1 is 1.38 bits per heavy atom. The second kappa shape index (κ2) is 8.07. The van der Waals surface area contributed by atoms with E-state index >= 15 is 0 Å². The number of pyridine rings is 1. The lowest BCUT2D eigenvalue weighted by Crippen LogP contribution is -2.17. The van der Waals surface area contributed by atoms with Gasteiger partial charge in [0.05, 0.1) is 11.9 Å². The highest BCUT2D eigenvalue weighted by Crippen LogP contribution is 2.05. The molecule has 4 nitrogen and oxygen atoms in total. The van der Waals surface area contributed by atoms with E-state index in [2.05, 4.69) is 17.2 Å². The Morgan fingerprint density at radius 2 is 2.25 bits per heavy atom. The van der Waals surface area contributed by atoms with Gasteiger partial charge in [-0.2, -0.15) is 0 Å². The lowest BCUT2D eigenvalue weighted by molar-refractivity contribution is 0.132. The average molecular weight is 224 g/mol. The molecule has 4 heteroatoms. The van der Waals surface area contributed by atoms with Crippen molar-refractivity contribution < 1.29 is 9.84 Å². The third kappa shape index (κ3) is 5.68. The number of ether oxygens (including phenoxy) is 1. The number of nitrogens with one attached hydrogen (secondary N) is 1. The van der Waals surface area contributed by atoms with Gasteiger partial charge in [0.25, 0.3) is 0 Å². The molecule has 0 saturated carbocycles. The van der Waals surface area contributed by atoms with Crippen LogP contribution in [0.1, 0.15) is 25.5 Å².